The van der Waals surface area contributed by atoms with Gasteiger partial charge in [0.25, 0.3) is 0 Å². The molecule has 0 unspecified atom stereocenters. The molecule has 0 radical (unpaired) electrons. The molecule has 1 N–H and O–H groups in total. The number of anilines is 1. The minimum Gasteiger partial charge on any atom is -0.370 e. The lowest BCUT2D eigenvalue weighted by Gasteiger charge is -2.18. The number of hydrogen-bond donors (Lipinski definition) is 1. The lowest BCUT2D eigenvalue weighted by molar-refractivity contribution is 0.754. The van der Waals surface area contributed by atoms with Crippen LogP contribution in [0.3, 0.4) is 0 Å². The largest absolute Gasteiger partial charge is 0.370 e. The highest BCUT2D eigenvalue weighted by Crippen LogP contribution is 2.38. The fourth-order valence-electron chi connectivity index (χ4n) is 4.62. The molecule has 0 fully saturated rings. The topological polar surface area (TPSA) is 29.9 Å². The predicted molar refractivity (Wildman–Crippen MR) is 128 cm³/mol. The second-order valence-electron chi connectivity index (χ2n) is 8.28. The molecule has 1 aliphatic rings. The van der Waals surface area contributed by atoms with Gasteiger partial charge in [-0.1, -0.05) is 79.7 Å². The summed E-state index contributed by atoms with van der Waals surface area (Å²) in [6.07, 6.45) is 4.47. The SMILES string of the molecule is CCc1ccc(-n2nc(C(c3ccccc3)c3ccccc3)c3c2NCCCC3)cc1. The first-order chi connectivity index (χ1) is 15.3. The van der Waals surface area contributed by atoms with Crippen LogP contribution >= 0.6 is 0 Å². The van der Waals surface area contributed by atoms with E-state index in [9.17, 15) is 0 Å². The van der Waals surface area contributed by atoms with Gasteiger partial charge in [-0.3, -0.25) is 0 Å². The molecule has 5 rings (SSSR count). The number of fused-ring (bicyclic) bond motifs is 1. The van der Waals surface area contributed by atoms with Gasteiger partial charge in [0, 0.05) is 12.1 Å². The molecular weight excluding hydrogens is 378 g/mol. The summed E-state index contributed by atoms with van der Waals surface area (Å²) in [5.74, 6) is 1.28. The average molecular weight is 408 g/mol. The smallest absolute Gasteiger partial charge is 0.133 e. The molecule has 1 aliphatic heterocycles. The van der Waals surface area contributed by atoms with Crippen LogP contribution in [-0.4, -0.2) is 16.3 Å². The number of rotatable bonds is 5. The van der Waals surface area contributed by atoms with Gasteiger partial charge in [-0.05, 0) is 54.5 Å². The third kappa shape index (κ3) is 3.88. The van der Waals surface area contributed by atoms with Gasteiger partial charge in [0.15, 0.2) is 0 Å². The quantitative estimate of drug-likeness (QED) is 0.417. The maximum atomic E-state index is 5.27. The maximum absolute atomic E-state index is 5.27. The van der Waals surface area contributed by atoms with E-state index in [0.717, 1.165) is 30.9 Å². The maximum Gasteiger partial charge on any atom is 0.133 e. The summed E-state index contributed by atoms with van der Waals surface area (Å²) in [7, 11) is 0. The molecule has 0 spiro atoms. The van der Waals surface area contributed by atoms with Crippen LogP contribution in [0.25, 0.3) is 5.69 Å². The van der Waals surface area contributed by atoms with Gasteiger partial charge in [-0.25, -0.2) is 4.68 Å². The Hall–Kier alpha value is -3.33. The Morgan fingerprint density at radius 3 is 2.10 bits per heavy atom. The van der Waals surface area contributed by atoms with Gasteiger partial charge in [0.05, 0.1) is 17.3 Å². The number of nitrogens with zero attached hydrogens (tertiary/aromatic N) is 2. The lowest BCUT2D eigenvalue weighted by Crippen LogP contribution is -2.08. The van der Waals surface area contributed by atoms with E-state index in [1.165, 1.54) is 40.8 Å². The predicted octanol–water partition coefficient (Wildman–Crippen LogP) is 6.36. The molecule has 31 heavy (non-hydrogen) atoms. The summed E-state index contributed by atoms with van der Waals surface area (Å²) in [4.78, 5) is 0. The summed E-state index contributed by atoms with van der Waals surface area (Å²) >= 11 is 0. The van der Waals surface area contributed by atoms with Crippen molar-refractivity contribution in [1.29, 1.82) is 0 Å². The first-order valence-electron chi connectivity index (χ1n) is 11.4. The molecule has 3 aromatic carbocycles. The Kier molecular flexibility index (Phi) is 5.57. The van der Waals surface area contributed by atoms with Gasteiger partial charge in [-0.2, -0.15) is 5.10 Å². The van der Waals surface area contributed by atoms with Gasteiger partial charge >= 0.3 is 0 Å². The standard InChI is InChI=1S/C28H29N3/c1-2-21-16-18-24(19-17-21)31-28-25(15-9-10-20-29-28)27(30-31)26(22-11-5-3-6-12-22)23-13-7-4-8-14-23/h3-8,11-14,16-19,26,29H,2,9-10,15,20H2,1H3. The minimum atomic E-state index is 0.118. The molecule has 0 bridgehead atoms. The molecule has 156 valence electrons. The zero-order valence-corrected chi connectivity index (χ0v) is 18.1. The van der Waals surface area contributed by atoms with Crippen molar-refractivity contribution < 1.29 is 0 Å². The first-order valence-corrected chi connectivity index (χ1v) is 11.4. The molecule has 0 saturated heterocycles. The molecule has 1 aromatic heterocycles. The van der Waals surface area contributed by atoms with E-state index in [0.29, 0.717) is 0 Å². The van der Waals surface area contributed by atoms with Gasteiger partial charge in [-0.15, -0.1) is 0 Å². The molecule has 4 aromatic rings. The molecule has 3 nitrogen and oxygen atoms in total. The number of benzene rings is 3. The highest BCUT2D eigenvalue weighted by Gasteiger charge is 2.28. The zero-order chi connectivity index (χ0) is 21.0. The van der Waals surface area contributed by atoms with Crippen molar-refractivity contribution in [2.24, 2.45) is 0 Å². The Balaban J connectivity index is 1.70. The molecule has 0 aliphatic carbocycles. The zero-order valence-electron chi connectivity index (χ0n) is 18.1. The third-order valence-electron chi connectivity index (χ3n) is 6.29. The summed E-state index contributed by atoms with van der Waals surface area (Å²) in [6, 6.07) is 30.4. The van der Waals surface area contributed by atoms with Crippen molar-refractivity contribution in [3.05, 3.63) is 113 Å². The Morgan fingerprint density at radius 1 is 0.839 bits per heavy atom. The van der Waals surface area contributed by atoms with Gasteiger partial charge in [0.1, 0.15) is 5.82 Å². The molecule has 0 saturated carbocycles. The lowest BCUT2D eigenvalue weighted by atomic mass is 9.86. The van der Waals surface area contributed by atoms with Crippen molar-refractivity contribution in [1.82, 2.24) is 9.78 Å². The van der Waals surface area contributed by atoms with Gasteiger partial charge in [0.2, 0.25) is 0 Å². The van der Waals surface area contributed by atoms with E-state index in [-0.39, 0.29) is 5.92 Å². The first kappa shape index (κ1) is 19.6. The van der Waals surface area contributed by atoms with E-state index in [4.69, 9.17) is 5.10 Å². The van der Waals surface area contributed by atoms with Crippen molar-refractivity contribution >= 4 is 5.82 Å². The molecule has 0 amide bonds. The van der Waals surface area contributed by atoms with Crippen LogP contribution in [-0.2, 0) is 12.8 Å². The van der Waals surface area contributed by atoms with Crippen molar-refractivity contribution in [3.63, 3.8) is 0 Å². The van der Waals surface area contributed by atoms with E-state index < -0.39 is 0 Å². The Labute approximate surface area is 184 Å². The van der Waals surface area contributed by atoms with Crippen molar-refractivity contribution in [3.8, 4) is 5.69 Å². The van der Waals surface area contributed by atoms with Crippen LogP contribution in [0.4, 0.5) is 5.82 Å². The van der Waals surface area contributed by atoms with E-state index in [1.54, 1.807) is 0 Å². The third-order valence-corrected chi connectivity index (χ3v) is 6.29. The van der Waals surface area contributed by atoms with Gasteiger partial charge < -0.3 is 5.32 Å². The fraction of sp³-hybridized carbons (Fsp3) is 0.250. The molecule has 0 atom stereocenters. The summed E-state index contributed by atoms with van der Waals surface area (Å²) in [5.41, 5.74) is 7.56. The number of hydrogen-bond acceptors (Lipinski definition) is 2. The van der Waals surface area contributed by atoms with E-state index in [1.807, 2.05) is 0 Å². The van der Waals surface area contributed by atoms with Crippen molar-refractivity contribution in [2.75, 3.05) is 11.9 Å². The second kappa shape index (κ2) is 8.81. The normalized spacial score (nSPS) is 13.5. The second-order valence-corrected chi connectivity index (χ2v) is 8.28. The fourth-order valence-corrected chi connectivity index (χ4v) is 4.62. The van der Waals surface area contributed by atoms with E-state index in [2.05, 4.69) is 102 Å². The molecule has 3 heteroatoms. The monoisotopic (exact) mass is 407 g/mol. The highest BCUT2D eigenvalue weighted by molar-refractivity contribution is 5.58. The van der Waals surface area contributed by atoms with Crippen LogP contribution in [0.1, 0.15) is 53.6 Å². The van der Waals surface area contributed by atoms with Crippen LogP contribution < -0.4 is 5.32 Å². The van der Waals surface area contributed by atoms with Crippen LogP contribution in [0, 0.1) is 0 Å². The highest BCUT2D eigenvalue weighted by atomic mass is 15.3. The molecule has 2 heterocycles. The number of aromatic nitrogens is 2. The van der Waals surface area contributed by atoms with Crippen LogP contribution in [0.15, 0.2) is 84.9 Å². The Morgan fingerprint density at radius 2 is 1.48 bits per heavy atom. The summed E-state index contributed by atoms with van der Waals surface area (Å²) in [5, 5.41) is 8.97. The van der Waals surface area contributed by atoms with Crippen molar-refractivity contribution in [2.45, 2.75) is 38.5 Å². The average Bonchev–Trinajstić information content (AvgIpc) is 3.01. The number of nitrogens with one attached hydrogen (secondary N) is 1. The van der Waals surface area contributed by atoms with E-state index >= 15 is 0 Å². The van der Waals surface area contributed by atoms with Crippen LogP contribution in [0.2, 0.25) is 0 Å². The summed E-state index contributed by atoms with van der Waals surface area (Å²) in [6.45, 7) is 3.19. The van der Waals surface area contributed by atoms with Crippen LogP contribution in [0.5, 0.6) is 0 Å². The Bertz CT molecular complexity index is 1090. The number of aryl methyl sites for hydroxylation is 1. The minimum absolute atomic E-state index is 0.118. The molecular formula is C28H29N3. The summed E-state index contributed by atoms with van der Waals surface area (Å²) < 4.78 is 2.13.